The molecule has 2 aliphatic carbocycles. The highest BCUT2D eigenvalue weighted by Crippen LogP contribution is 2.60. The highest BCUT2D eigenvalue weighted by molar-refractivity contribution is 9.12. The summed E-state index contributed by atoms with van der Waals surface area (Å²) >= 11 is 13.2. The van der Waals surface area contributed by atoms with Gasteiger partial charge in [-0.15, -0.1) is 0 Å². The van der Waals surface area contributed by atoms with Crippen LogP contribution >= 0.6 is 43.5 Å². The standard InChI is InChI=1S/C21H21Br2ClN2O5/c1-9-2-3-10(24)6-13(9)25-14(27)8-31-15(28)4-5-26-20(29)16-11-7-12(17(16)21(26)30)19(23)18(11)22/h2-3,6,11-12,16-19H,4-5,7-8H2,1H3,(H,25,27)/t11-,12-,16-,17+,18+,19+/m1/s1. The quantitative estimate of drug-likeness (QED) is 0.319. The van der Waals surface area contributed by atoms with Gasteiger partial charge in [0.2, 0.25) is 11.8 Å². The van der Waals surface area contributed by atoms with Crippen molar-refractivity contribution < 1.29 is 23.9 Å². The van der Waals surface area contributed by atoms with Crippen molar-refractivity contribution in [2.75, 3.05) is 18.5 Å². The first-order chi connectivity index (χ1) is 14.7. The summed E-state index contributed by atoms with van der Waals surface area (Å²) < 4.78 is 5.01. The lowest BCUT2D eigenvalue weighted by molar-refractivity contribution is -0.149. The van der Waals surface area contributed by atoms with Crippen molar-refractivity contribution in [2.24, 2.45) is 23.7 Å². The van der Waals surface area contributed by atoms with Crippen LogP contribution in [-0.4, -0.2) is 51.4 Å². The molecule has 0 unspecified atom stereocenters. The minimum Gasteiger partial charge on any atom is -0.456 e. The van der Waals surface area contributed by atoms with Crippen LogP contribution < -0.4 is 5.32 Å². The second-order valence-corrected chi connectivity index (χ2v) is 10.8. The maximum absolute atomic E-state index is 12.8. The van der Waals surface area contributed by atoms with Gasteiger partial charge in [0.15, 0.2) is 6.61 Å². The van der Waals surface area contributed by atoms with Gasteiger partial charge in [0.25, 0.3) is 5.91 Å². The first-order valence-corrected chi connectivity index (χ1v) is 12.2. The van der Waals surface area contributed by atoms with Crippen LogP contribution in [0, 0.1) is 30.6 Å². The smallest absolute Gasteiger partial charge is 0.308 e. The molecule has 2 bridgehead atoms. The van der Waals surface area contributed by atoms with Gasteiger partial charge in [-0.25, -0.2) is 0 Å². The molecule has 1 aliphatic heterocycles. The highest BCUT2D eigenvalue weighted by Gasteiger charge is 2.66. The zero-order chi connectivity index (χ0) is 22.4. The molecule has 166 valence electrons. The molecule has 7 nitrogen and oxygen atoms in total. The van der Waals surface area contributed by atoms with Crippen LogP contribution in [0.3, 0.4) is 0 Å². The number of alkyl halides is 2. The highest BCUT2D eigenvalue weighted by atomic mass is 79.9. The van der Waals surface area contributed by atoms with Gasteiger partial charge in [-0.1, -0.05) is 49.5 Å². The third kappa shape index (κ3) is 4.16. The van der Waals surface area contributed by atoms with E-state index in [4.69, 9.17) is 16.3 Å². The van der Waals surface area contributed by atoms with Gasteiger partial charge in [-0.3, -0.25) is 24.1 Å². The minimum atomic E-state index is -0.643. The van der Waals surface area contributed by atoms with E-state index in [0.29, 0.717) is 10.7 Å². The van der Waals surface area contributed by atoms with Crippen LogP contribution in [0.4, 0.5) is 5.69 Å². The molecule has 4 rings (SSSR count). The molecule has 1 saturated heterocycles. The van der Waals surface area contributed by atoms with E-state index in [2.05, 4.69) is 37.2 Å². The Kier molecular flexibility index (Phi) is 6.47. The van der Waals surface area contributed by atoms with Crippen molar-refractivity contribution >= 4 is 72.8 Å². The Hall–Kier alpha value is -1.45. The van der Waals surface area contributed by atoms with Crippen molar-refractivity contribution in [3.05, 3.63) is 28.8 Å². The van der Waals surface area contributed by atoms with Gasteiger partial charge in [-0.05, 0) is 42.9 Å². The molecule has 0 radical (unpaired) electrons. The topological polar surface area (TPSA) is 92.8 Å². The number of hydrogen-bond donors (Lipinski definition) is 1. The van der Waals surface area contributed by atoms with Crippen molar-refractivity contribution in [1.29, 1.82) is 0 Å². The van der Waals surface area contributed by atoms with Crippen molar-refractivity contribution in [2.45, 2.75) is 29.4 Å². The van der Waals surface area contributed by atoms with Crippen LogP contribution in [0.15, 0.2) is 18.2 Å². The lowest BCUT2D eigenvalue weighted by atomic mass is 9.81. The van der Waals surface area contributed by atoms with Crippen LogP contribution in [0.25, 0.3) is 0 Å². The lowest BCUT2D eigenvalue weighted by Gasteiger charge is -2.28. The number of halogens is 3. The molecule has 1 N–H and O–H groups in total. The predicted octanol–water partition coefficient (Wildman–Crippen LogP) is 3.30. The van der Waals surface area contributed by atoms with E-state index in [1.54, 1.807) is 18.2 Å². The largest absolute Gasteiger partial charge is 0.456 e. The number of carbonyl (C=O) groups is 4. The number of anilines is 1. The molecular weight excluding hydrogens is 556 g/mol. The molecule has 31 heavy (non-hydrogen) atoms. The van der Waals surface area contributed by atoms with Crippen LogP contribution in [0.5, 0.6) is 0 Å². The molecule has 2 saturated carbocycles. The summed E-state index contributed by atoms with van der Waals surface area (Å²) in [5, 5.41) is 3.12. The number of carbonyl (C=O) groups excluding carboxylic acids is 4. The number of benzene rings is 1. The number of hydrogen-bond acceptors (Lipinski definition) is 5. The molecule has 3 aliphatic rings. The monoisotopic (exact) mass is 574 g/mol. The average Bonchev–Trinajstić information content (AvgIpc) is 3.33. The van der Waals surface area contributed by atoms with Crippen molar-refractivity contribution in [1.82, 2.24) is 4.90 Å². The van der Waals surface area contributed by atoms with Gasteiger partial charge in [-0.2, -0.15) is 0 Å². The fourth-order valence-electron chi connectivity index (χ4n) is 4.97. The van der Waals surface area contributed by atoms with Crippen molar-refractivity contribution in [3.63, 3.8) is 0 Å². The first-order valence-electron chi connectivity index (χ1n) is 10.0. The van der Waals surface area contributed by atoms with Crippen LogP contribution in [0.2, 0.25) is 5.02 Å². The second kappa shape index (κ2) is 8.83. The minimum absolute atomic E-state index is 0.0299. The molecule has 3 fully saturated rings. The summed E-state index contributed by atoms with van der Waals surface area (Å²) in [4.78, 5) is 51.3. The molecule has 3 amide bonds. The Bertz CT molecular complexity index is 926. The SMILES string of the molecule is Cc1ccc(Cl)cc1NC(=O)COC(=O)CCN1C(=O)[C@@H]2[C@H]3C[C@@H]([C@H](Br)[C@H]3Br)[C@@H]2C1=O. The summed E-state index contributed by atoms with van der Waals surface area (Å²) in [6.07, 6.45) is 0.709. The van der Waals surface area contributed by atoms with E-state index < -0.39 is 18.5 Å². The normalized spacial score (nSPS) is 31.2. The number of esters is 1. The fourth-order valence-corrected chi connectivity index (χ4v) is 7.01. The maximum Gasteiger partial charge on any atom is 0.308 e. The third-order valence-corrected chi connectivity index (χ3v) is 9.90. The number of fused-ring (bicyclic) bond motifs is 5. The molecule has 0 spiro atoms. The number of aryl methyl sites for hydroxylation is 1. The number of likely N-dealkylation sites (tertiary alicyclic amines) is 1. The maximum atomic E-state index is 12.8. The second-order valence-electron chi connectivity index (χ2n) is 8.25. The summed E-state index contributed by atoms with van der Waals surface area (Å²) in [5.74, 6) is -1.89. The Morgan fingerprint density at radius 2 is 1.77 bits per heavy atom. The molecule has 0 aromatic heterocycles. The van der Waals surface area contributed by atoms with Gasteiger partial charge in [0.05, 0.1) is 18.3 Å². The average molecular weight is 577 g/mol. The molecule has 6 atom stereocenters. The zero-order valence-electron chi connectivity index (χ0n) is 16.6. The van der Waals surface area contributed by atoms with E-state index in [-0.39, 0.29) is 58.1 Å². The first kappa shape index (κ1) is 22.7. The van der Waals surface area contributed by atoms with Crippen molar-refractivity contribution in [3.8, 4) is 0 Å². The van der Waals surface area contributed by atoms with E-state index in [0.717, 1.165) is 12.0 Å². The number of ether oxygens (including phenoxy) is 1. The number of nitrogens with one attached hydrogen (secondary N) is 1. The Morgan fingerprint density at radius 1 is 1.16 bits per heavy atom. The van der Waals surface area contributed by atoms with Crippen LogP contribution in [-0.2, 0) is 23.9 Å². The summed E-state index contributed by atoms with van der Waals surface area (Å²) in [6.45, 7) is 1.33. The molecule has 10 heteroatoms. The van der Waals surface area contributed by atoms with E-state index >= 15 is 0 Å². The van der Waals surface area contributed by atoms with Gasteiger partial charge >= 0.3 is 5.97 Å². The molecule has 1 aromatic rings. The van der Waals surface area contributed by atoms with Gasteiger partial charge < -0.3 is 10.1 Å². The molecule has 1 aromatic carbocycles. The molecular formula is C21H21Br2ClN2O5. The summed E-state index contributed by atoms with van der Waals surface area (Å²) in [6, 6.07) is 5.09. The van der Waals surface area contributed by atoms with E-state index in [9.17, 15) is 19.2 Å². The number of rotatable bonds is 6. The number of nitrogens with zero attached hydrogens (tertiary/aromatic N) is 1. The van der Waals surface area contributed by atoms with E-state index in [1.165, 1.54) is 4.90 Å². The molecule has 1 heterocycles. The number of amides is 3. The van der Waals surface area contributed by atoms with E-state index in [1.807, 2.05) is 6.92 Å². The summed E-state index contributed by atoms with van der Waals surface area (Å²) in [7, 11) is 0. The number of imide groups is 1. The fraction of sp³-hybridized carbons (Fsp3) is 0.524. The predicted molar refractivity (Wildman–Crippen MR) is 121 cm³/mol. The Balaban J connectivity index is 1.27. The summed E-state index contributed by atoms with van der Waals surface area (Å²) in [5.41, 5.74) is 1.37. The van der Waals surface area contributed by atoms with Crippen LogP contribution in [0.1, 0.15) is 18.4 Å². The Labute approximate surface area is 201 Å². The Morgan fingerprint density at radius 3 is 2.39 bits per heavy atom. The van der Waals surface area contributed by atoms with Gasteiger partial charge in [0, 0.05) is 26.9 Å². The van der Waals surface area contributed by atoms with Gasteiger partial charge in [0.1, 0.15) is 0 Å². The zero-order valence-corrected chi connectivity index (χ0v) is 20.6. The third-order valence-electron chi connectivity index (χ3n) is 6.46. The lowest BCUT2D eigenvalue weighted by Crippen LogP contribution is -2.37.